The molecule has 1 saturated heterocycles. The molecule has 0 saturated carbocycles. The zero-order valence-corrected chi connectivity index (χ0v) is 20.5. The molecule has 4 aromatic rings. The normalized spacial score (nSPS) is 17.3. The van der Waals surface area contributed by atoms with E-state index in [0.717, 1.165) is 33.8 Å². The molecule has 35 heavy (non-hydrogen) atoms. The van der Waals surface area contributed by atoms with E-state index >= 15 is 0 Å². The van der Waals surface area contributed by atoms with Gasteiger partial charge in [0.05, 0.1) is 24.4 Å². The van der Waals surface area contributed by atoms with Gasteiger partial charge in [0.25, 0.3) is 0 Å². The van der Waals surface area contributed by atoms with E-state index in [1.54, 1.807) is 18.3 Å². The zero-order chi connectivity index (χ0) is 24.5. The van der Waals surface area contributed by atoms with Crippen molar-refractivity contribution in [3.63, 3.8) is 0 Å². The number of carbonyl (C=O) groups excluding carboxylic acids is 1. The molecule has 7 heteroatoms. The second-order valence-electron chi connectivity index (χ2n) is 8.61. The number of esters is 1. The lowest BCUT2D eigenvalue weighted by atomic mass is 10.0. The van der Waals surface area contributed by atoms with Gasteiger partial charge in [-0.05, 0) is 85.7 Å². The Labute approximate surface area is 209 Å². The molecule has 1 aliphatic rings. The monoisotopic (exact) mass is 483 g/mol. The number of carbonyl (C=O) groups is 1. The Morgan fingerprint density at radius 3 is 2.43 bits per heavy atom. The van der Waals surface area contributed by atoms with Crippen molar-refractivity contribution in [2.24, 2.45) is 0 Å². The molecule has 5 rings (SSSR count). The Balaban J connectivity index is 1.56. The van der Waals surface area contributed by atoms with Gasteiger partial charge in [-0.1, -0.05) is 24.3 Å². The van der Waals surface area contributed by atoms with Crippen LogP contribution in [0.3, 0.4) is 0 Å². The van der Waals surface area contributed by atoms with Gasteiger partial charge in [0.2, 0.25) is 0 Å². The lowest BCUT2D eigenvalue weighted by molar-refractivity contribution is 0.0600. The highest BCUT2D eigenvalue weighted by molar-refractivity contribution is 7.80. The summed E-state index contributed by atoms with van der Waals surface area (Å²) in [4.78, 5) is 18.5. The molecular formula is C28H25N3O3S. The molecule has 1 fully saturated rings. The molecule has 2 atom stereocenters. The average Bonchev–Trinajstić information content (AvgIpc) is 3.48. The Kier molecular flexibility index (Phi) is 6.09. The van der Waals surface area contributed by atoms with Crippen LogP contribution in [0.2, 0.25) is 0 Å². The summed E-state index contributed by atoms with van der Waals surface area (Å²) in [6, 6.07) is 22.9. The fraction of sp³-hybridized carbons (Fsp3) is 0.179. The number of benzene rings is 2. The Bertz CT molecular complexity index is 1360. The average molecular weight is 484 g/mol. The first-order valence-electron chi connectivity index (χ1n) is 11.3. The third kappa shape index (κ3) is 4.42. The highest BCUT2D eigenvalue weighted by atomic mass is 32.1. The van der Waals surface area contributed by atoms with E-state index in [1.165, 1.54) is 7.11 Å². The fourth-order valence-corrected chi connectivity index (χ4v) is 4.91. The maximum Gasteiger partial charge on any atom is 0.337 e. The second-order valence-corrected chi connectivity index (χ2v) is 9.00. The van der Waals surface area contributed by atoms with E-state index in [9.17, 15) is 4.79 Å². The van der Waals surface area contributed by atoms with Crippen molar-refractivity contribution in [3.8, 4) is 11.3 Å². The summed E-state index contributed by atoms with van der Waals surface area (Å²) in [7, 11) is 1.37. The number of rotatable bonds is 5. The number of aryl methyl sites for hydroxylation is 2. The number of hydrogen-bond acceptors (Lipinski definition) is 5. The van der Waals surface area contributed by atoms with Crippen molar-refractivity contribution >= 4 is 29.0 Å². The van der Waals surface area contributed by atoms with Gasteiger partial charge in [0, 0.05) is 17.4 Å². The Morgan fingerprint density at radius 1 is 1.03 bits per heavy atom. The van der Waals surface area contributed by atoms with Crippen LogP contribution in [0.25, 0.3) is 11.3 Å². The zero-order valence-electron chi connectivity index (χ0n) is 19.7. The number of thiocarbonyl (C=S) groups is 1. The highest BCUT2D eigenvalue weighted by Gasteiger charge is 2.42. The van der Waals surface area contributed by atoms with Crippen molar-refractivity contribution in [3.05, 3.63) is 107 Å². The van der Waals surface area contributed by atoms with Gasteiger partial charge in [-0.15, -0.1) is 0 Å². The summed E-state index contributed by atoms with van der Waals surface area (Å²) in [5.74, 6) is 1.10. The van der Waals surface area contributed by atoms with Gasteiger partial charge in [-0.3, -0.25) is 4.98 Å². The number of methoxy groups -OCH3 is 1. The lowest BCUT2D eigenvalue weighted by Gasteiger charge is -2.26. The minimum absolute atomic E-state index is 0.190. The molecule has 2 aromatic heterocycles. The predicted octanol–water partition coefficient (Wildman–Crippen LogP) is 5.92. The molecule has 0 unspecified atom stereocenters. The third-order valence-corrected chi connectivity index (χ3v) is 6.41. The Morgan fingerprint density at radius 2 is 1.77 bits per heavy atom. The van der Waals surface area contributed by atoms with Crippen LogP contribution in [-0.4, -0.2) is 23.2 Å². The molecule has 6 nitrogen and oxygen atoms in total. The molecule has 0 radical (unpaired) electrons. The highest BCUT2D eigenvalue weighted by Crippen LogP contribution is 2.43. The van der Waals surface area contributed by atoms with E-state index in [0.29, 0.717) is 16.4 Å². The molecule has 176 valence electrons. The van der Waals surface area contributed by atoms with Crippen LogP contribution in [0, 0.1) is 13.8 Å². The van der Waals surface area contributed by atoms with Gasteiger partial charge in [0.1, 0.15) is 17.6 Å². The first-order valence-corrected chi connectivity index (χ1v) is 11.7. The first kappa shape index (κ1) is 22.8. The standard InChI is InChI=1S/C28H25N3O3S/c1-17-14-18(2)16-21(15-17)31-26(25(30-28(31)35)22-6-4-5-13-29-22)24-12-11-23(34-24)19-7-9-20(10-8-19)27(32)33-3/h4-16,25-26H,1-3H3,(H,30,35)/t25-,26+/m0/s1. The summed E-state index contributed by atoms with van der Waals surface area (Å²) >= 11 is 5.82. The van der Waals surface area contributed by atoms with Crippen molar-refractivity contribution in [1.29, 1.82) is 0 Å². The topological polar surface area (TPSA) is 67.6 Å². The summed E-state index contributed by atoms with van der Waals surface area (Å²) in [6.45, 7) is 4.16. The van der Waals surface area contributed by atoms with Crippen LogP contribution in [0.15, 0.2) is 83.4 Å². The van der Waals surface area contributed by atoms with Gasteiger partial charge >= 0.3 is 5.97 Å². The molecule has 0 spiro atoms. The number of pyridine rings is 1. The third-order valence-electron chi connectivity index (χ3n) is 6.09. The summed E-state index contributed by atoms with van der Waals surface area (Å²) < 4.78 is 11.2. The van der Waals surface area contributed by atoms with Gasteiger partial charge < -0.3 is 19.4 Å². The van der Waals surface area contributed by atoms with Crippen LogP contribution in [0.5, 0.6) is 0 Å². The lowest BCUT2D eigenvalue weighted by Crippen LogP contribution is -2.29. The number of hydrogen-bond donors (Lipinski definition) is 1. The van der Waals surface area contributed by atoms with E-state index in [1.807, 2.05) is 42.5 Å². The number of ether oxygens (including phenoxy) is 1. The van der Waals surface area contributed by atoms with Crippen LogP contribution in [0.4, 0.5) is 5.69 Å². The molecule has 0 aliphatic carbocycles. The SMILES string of the molecule is COC(=O)c1ccc(-c2ccc([C@@H]3[C@H](c4ccccn4)NC(=S)N3c3cc(C)cc(C)c3)o2)cc1. The van der Waals surface area contributed by atoms with Crippen molar-refractivity contribution in [2.45, 2.75) is 25.9 Å². The molecule has 2 aromatic carbocycles. The van der Waals surface area contributed by atoms with E-state index in [2.05, 4.69) is 47.2 Å². The second kappa shape index (κ2) is 9.35. The van der Waals surface area contributed by atoms with Crippen molar-refractivity contribution in [2.75, 3.05) is 12.0 Å². The molecule has 1 N–H and O–H groups in total. The fourth-order valence-electron chi connectivity index (χ4n) is 4.57. The smallest absolute Gasteiger partial charge is 0.337 e. The maximum atomic E-state index is 11.8. The number of nitrogens with zero attached hydrogens (tertiary/aromatic N) is 2. The maximum absolute atomic E-state index is 11.8. The van der Waals surface area contributed by atoms with Crippen LogP contribution >= 0.6 is 12.2 Å². The minimum atomic E-state index is -0.371. The summed E-state index contributed by atoms with van der Waals surface area (Å²) in [5.41, 5.74) is 5.56. The van der Waals surface area contributed by atoms with E-state index in [4.69, 9.17) is 21.4 Å². The number of anilines is 1. The van der Waals surface area contributed by atoms with Crippen LogP contribution in [-0.2, 0) is 4.74 Å². The van der Waals surface area contributed by atoms with Gasteiger partial charge in [-0.25, -0.2) is 4.79 Å². The molecule has 0 amide bonds. The van der Waals surface area contributed by atoms with Crippen molar-refractivity contribution in [1.82, 2.24) is 10.3 Å². The number of furan rings is 1. The van der Waals surface area contributed by atoms with Gasteiger partial charge in [-0.2, -0.15) is 0 Å². The molecule has 0 bridgehead atoms. The summed E-state index contributed by atoms with van der Waals surface area (Å²) in [6.07, 6.45) is 1.78. The van der Waals surface area contributed by atoms with Crippen molar-refractivity contribution < 1.29 is 13.9 Å². The first-order chi connectivity index (χ1) is 16.9. The molecule has 3 heterocycles. The molecule has 1 aliphatic heterocycles. The molecular weight excluding hydrogens is 458 g/mol. The quantitative estimate of drug-likeness (QED) is 0.279. The summed E-state index contributed by atoms with van der Waals surface area (Å²) in [5, 5.41) is 4.09. The van der Waals surface area contributed by atoms with Crippen LogP contribution < -0.4 is 10.2 Å². The van der Waals surface area contributed by atoms with E-state index < -0.39 is 0 Å². The van der Waals surface area contributed by atoms with E-state index in [-0.39, 0.29) is 18.1 Å². The largest absolute Gasteiger partial charge is 0.465 e. The van der Waals surface area contributed by atoms with Gasteiger partial charge in [0.15, 0.2) is 5.11 Å². The number of aromatic nitrogens is 1. The predicted molar refractivity (Wildman–Crippen MR) is 139 cm³/mol. The van der Waals surface area contributed by atoms with Crippen LogP contribution in [0.1, 0.15) is 45.0 Å². The number of nitrogens with one attached hydrogen (secondary N) is 1. The Hall–Kier alpha value is -3.97. The minimum Gasteiger partial charge on any atom is -0.465 e.